The van der Waals surface area contributed by atoms with E-state index in [9.17, 15) is 14.3 Å². The highest BCUT2D eigenvalue weighted by atomic mass is 19.1. The zero-order valence-electron chi connectivity index (χ0n) is 20.4. The number of aromatic nitrogens is 3. The molecule has 2 aromatic heterocycles. The van der Waals surface area contributed by atoms with E-state index in [2.05, 4.69) is 10.2 Å². The minimum atomic E-state index is -1.06. The average Bonchev–Trinajstić information content (AvgIpc) is 3.57. The fourth-order valence-electron chi connectivity index (χ4n) is 5.38. The smallest absolute Gasteiger partial charge is 0.332 e. The Kier molecular flexibility index (Phi) is 5.96. The predicted molar refractivity (Wildman–Crippen MR) is 129 cm³/mol. The van der Waals surface area contributed by atoms with E-state index in [0.29, 0.717) is 34.1 Å². The molecule has 4 aromatic rings. The summed E-state index contributed by atoms with van der Waals surface area (Å²) >= 11 is 0. The molecular formula is C26H27F2N3O5. The average molecular weight is 500 g/mol. The number of nitrogens with zero attached hydrogens (tertiary/aromatic N) is 2. The Bertz CT molecular complexity index is 1480. The number of fused-ring (bicyclic) bond motifs is 2. The number of ether oxygens (including phenoxy) is 3. The van der Waals surface area contributed by atoms with E-state index < -0.39 is 35.0 Å². The zero-order valence-corrected chi connectivity index (χ0v) is 20.4. The number of hydrogen-bond acceptors (Lipinski definition) is 5. The van der Waals surface area contributed by atoms with Crippen LogP contribution in [0.25, 0.3) is 27.5 Å². The van der Waals surface area contributed by atoms with Crippen LogP contribution in [-0.4, -0.2) is 59.4 Å². The summed E-state index contributed by atoms with van der Waals surface area (Å²) in [5.41, 5.74) is 2.09. The van der Waals surface area contributed by atoms with Gasteiger partial charge in [-0.1, -0.05) is 13.8 Å². The van der Waals surface area contributed by atoms with Gasteiger partial charge in [-0.2, -0.15) is 5.10 Å². The van der Waals surface area contributed by atoms with Crippen molar-refractivity contribution in [1.82, 2.24) is 14.8 Å². The Morgan fingerprint density at radius 2 is 2.08 bits per heavy atom. The molecule has 1 fully saturated rings. The second-order valence-electron chi connectivity index (χ2n) is 9.75. The number of halogens is 2. The van der Waals surface area contributed by atoms with Gasteiger partial charge in [-0.25, -0.2) is 13.6 Å². The molecule has 0 spiro atoms. The maximum absolute atomic E-state index is 16.2. The second-order valence-corrected chi connectivity index (χ2v) is 9.75. The third-order valence-electron chi connectivity index (χ3n) is 6.86. The van der Waals surface area contributed by atoms with Crippen LogP contribution in [0.2, 0.25) is 0 Å². The Hall–Kier alpha value is -3.50. The summed E-state index contributed by atoms with van der Waals surface area (Å²) in [4.78, 5) is 11.7. The molecule has 0 aliphatic carbocycles. The highest BCUT2D eigenvalue weighted by molar-refractivity contribution is 6.00. The van der Waals surface area contributed by atoms with Crippen LogP contribution in [0.4, 0.5) is 8.78 Å². The van der Waals surface area contributed by atoms with Gasteiger partial charge in [0.25, 0.3) is 0 Å². The number of carboxylic acids is 1. The number of rotatable bonds is 7. The molecule has 10 heteroatoms. The first-order valence-electron chi connectivity index (χ1n) is 11.6. The van der Waals surface area contributed by atoms with E-state index in [-0.39, 0.29) is 24.3 Å². The van der Waals surface area contributed by atoms with Crippen LogP contribution in [-0.2, 0) is 19.7 Å². The molecule has 8 nitrogen and oxygen atoms in total. The quantitative estimate of drug-likeness (QED) is 0.383. The third-order valence-corrected chi connectivity index (χ3v) is 6.86. The summed E-state index contributed by atoms with van der Waals surface area (Å²) in [6.45, 7) is 4.37. The number of carboxylic acid groups (broad SMARTS) is 1. The van der Waals surface area contributed by atoms with Crippen molar-refractivity contribution in [3.63, 3.8) is 0 Å². The molecule has 36 heavy (non-hydrogen) atoms. The third kappa shape index (κ3) is 3.72. The number of nitrogens with one attached hydrogen (secondary N) is 1. The monoisotopic (exact) mass is 499 g/mol. The van der Waals surface area contributed by atoms with Crippen LogP contribution in [0.1, 0.15) is 37.4 Å². The summed E-state index contributed by atoms with van der Waals surface area (Å²) in [7, 11) is 2.97. The maximum Gasteiger partial charge on any atom is 0.332 e. The van der Waals surface area contributed by atoms with Gasteiger partial charge in [0.05, 0.1) is 32.0 Å². The molecule has 2 aromatic carbocycles. The molecule has 5 rings (SSSR count). The number of methoxy groups -OCH3 is 2. The standard InChI is InChI=1S/C26H27F2N3O5/c1-26(2,12-34-3)24-20(14-8-19(25(32)33)36-11-14)21-17(7-13-10-29-30-23(13)22(21)28)31(24)15-5-6-16(27)18(9-15)35-4/h5-7,9-10,14,19H,8,11-12H2,1-4H3,(H,29,30)(H,32,33)/t14-,19?/m1/s1. The Morgan fingerprint density at radius 3 is 2.75 bits per heavy atom. The first kappa shape index (κ1) is 24.2. The van der Waals surface area contributed by atoms with Gasteiger partial charge >= 0.3 is 5.97 Å². The zero-order chi connectivity index (χ0) is 25.8. The summed E-state index contributed by atoms with van der Waals surface area (Å²) in [6.07, 6.45) is 0.744. The van der Waals surface area contributed by atoms with Crippen LogP contribution in [0.15, 0.2) is 30.5 Å². The van der Waals surface area contributed by atoms with Crippen molar-refractivity contribution in [2.75, 3.05) is 27.4 Å². The Labute approximate surface area is 205 Å². The van der Waals surface area contributed by atoms with Gasteiger partial charge < -0.3 is 23.9 Å². The molecule has 3 heterocycles. The summed E-state index contributed by atoms with van der Waals surface area (Å²) in [6, 6.07) is 6.30. The first-order chi connectivity index (χ1) is 17.2. The highest BCUT2D eigenvalue weighted by Crippen LogP contribution is 2.46. The van der Waals surface area contributed by atoms with Crippen LogP contribution in [0, 0.1) is 11.6 Å². The van der Waals surface area contributed by atoms with E-state index in [1.165, 1.54) is 13.2 Å². The lowest BCUT2D eigenvalue weighted by Gasteiger charge is -2.29. The molecule has 190 valence electrons. The van der Waals surface area contributed by atoms with Crippen molar-refractivity contribution < 1.29 is 32.9 Å². The molecule has 1 unspecified atom stereocenters. The molecule has 1 saturated heterocycles. The topological polar surface area (TPSA) is 98.6 Å². The molecule has 0 radical (unpaired) electrons. The second kappa shape index (κ2) is 8.86. The minimum absolute atomic E-state index is 0.0476. The summed E-state index contributed by atoms with van der Waals surface area (Å²) < 4.78 is 48.8. The van der Waals surface area contributed by atoms with Gasteiger partial charge in [0.15, 0.2) is 23.5 Å². The Morgan fingerprint density at radius 1 is 1.31 bits per heavy atom. The normalized spacial score (nSPS) is 18.4. The van der Waals surface area contributed by atoms with Crippen molar-refractivity contribution in [2.24, 2.45) is 0 Å². The summed E-state index contributed by atoms with van der Waals surface area (Å²) in [5.74, 6) is -2.41. The van der Waals surface area contributed by atoms with Crippen LogP contribution in [0.5, 0.6) is 5.75 Å². The summed E-state index contributed by atoms with van der Waals surface area (Å²) in [5, 5.41) is 17.2. The largest absolute Gasteiger partial charge is 0.494 e. The lowest BCUT2D eigenvalue weighted by Crippen LogP contribution is -2.29. The van der Waals surface area contributed by atoms with E-state index >= 15 is 4.39 Å². The van der Waals surface area contributed by atoms with Gasteiger partial charge in [-0.3, -0.25) is 5.10 Å². The van der Waals surface area contributed by atoms with Crippen molar-refractivity contribution in [2.45, 2.75) is 37.7 Å². The first-order valence-corrected chi connectivity index (χ1v) is 11.6. The van der Waals surface area contributed by atoms with Crippen LogP contribution >= 0.6 is 0 Å². The van der Waals surface area contributed by atoms with Crippen LogP contribution < -0.4 is 4.74 Å². The van der Waals surface area contributed by atoms with Crippen molar-refractivity contribution in [3.8, 4) is 11.4 Å². The molecule has 1 aliphatic rings. The number of carbonyl (C=O) groups is 1. The van der Waals surface area contributed by atoms with E-state index in [1.54, 1.807) is 25.4 Å². The van der Waals surface area contributed by atoms with Gasteiger partial charge in [0.2, 0.25) is 0 Å². The van der Waals surface area contributed by atoms with Gasteiger partial charge in [-0.05, 0) is 30.2 Å². The maximum atomic E-state index is 16.2. The fraction of sp³-hybridized carbons (Fsp3) is 0.385. The van der Waals surface area contributed by atoms with E-state index in [4.69, 9.17) is 14.2 Å². The molecule has 0 saturated carbocycles. The fourth-order valence-corrected chi connectivity index (χ4v) is 5.38. The highest BCUT2D eigenvalue weighted by Gasteiger charge is 2.40. The van der Waals surface area contributed by atoms with Gasteiger partial charge in [0.1, 0.15) is 5.52 Å². The molecule has 1 aliphatic heterocycles. The molecule has 0 bridgehead atoms. The minimum Gasteiger partial charge on any atom is -0.494 e. The van der Waals surface area contributed by atoms with Crippen molar-refractivity contribution in [3.05, 3.63) is 53.4 Å². The lowest BCUT2D eigenvalue weighted by molar-refractivity contribution is -0.147. The number of aromatic amines is 1. The molecular weight excluding hydrogens is 472 g/mol. The van der Waals surface area contributed by atoms with Gasteiger partial charge in [0, 0.05) is 46.7 Å². The number of H-pyrrole nitrogens is 1. The number of aliphatic carboxylic acids is 1. The lowest BCUT2D eigenvalue weighted by atomic mass is 9.82. The molecule has 0 amide bonds. The van der Waals surface area contributed by atoms with Crippen LogP contribution in [0.3, 0.4) is 0 Å². The molecule has 2 atom stereocenters. The Balaban J connectivity index is 1.92. The van der Waals surface area contributed by atoms with Gasteiger partial charge in [-0.15, -0.1) is 0 Å². The molecule has 2 N–H and O–H groups in total. The number of benzene rings is 2. The van der Waals surface area contributed by atoms with Crippen molar-refractivity contribution >= 4 is 27.8 Å². The predicted octanol–water partition coefficient (Wildman–Crippen LogP) is 4.67. The SMILES string of the molecule is COCC(C)(C)c1c([C@H]2COC(C(=O)O)C2)c2c(F)c3[nH]ncc3cc2n1-c1ccc(F)c(OC)c1. The van der Waals surface area contributed by atoms with E-state index in [1.807, 2.05) is 24.5 Å². The van der Waals surface area contributed by atoms with Crippen molar-refractivity contribution in [1.29, 1.82) is 0 Å². The van der Waals surface area contributed by atoms with E-state index in [0.717, 1.165) is 5.69 Å². The number of hydrogen-bond donors (Lipinski definition) is 2.